The maximum absolute atomic E-state index is 10.9. The molecule has 0 aliphatic carbocycles. The third kappa shape index (κ3) is 3.27. The third-order valence-corrected chi connectivity index (χ3v) is 2.70. The summed E-state index contributed by atoms with van der Waals surface area (Å²) in [7, 11) is 0. The molecule has 92 valence electrons. The highest BCUT2D eigenvalue weighted by Crippen LogP contribution is 2.26. The number of nitro groups is 1. The first-order valence-corrected chi connectivity index (χ1v) is 5.62. The Hall–Kier alpha value is -1.91. The average molecular weight is 236 g/mol. The molecule has 0 atom stereocenters. The fourth-order valence-electron chi connectivity index (χ4n) is 1.61. The number of hydrogen-bond acceptors (Lipinski definition) is 4. The quantitative estimate of drug-likeness (QED) is 0.468. The number of nitro benzene ring substituents is 1. The second-order valence-corrected chi connectivity index (χ2v) is 3.81. The summed E-state index contributed by atoms with van der Waals surface area (Å²) in [5, 5.41) is 14.0. The molecule has 1 aromatic rings. The molecule has 5 nitrogen and oxygen atoms in total. The van der Waals surface area contributed by atoms with Gasteiger partial charge in [0.05, 0.1) is 4.92 Å². The van der Waals surface area contributed by atoms with Crippen LogP contribution < -0.4 is 5.32 Å². The maximum Gasteiger partial charge on any atom is 0.293 e. The Morgan fingerprint density at radius 3 is 2.53 bits per heavy atom. The molecule has 0 aliphatic heterocycles. The Bertz CT molecular complexity index is 414. The molecule has 0 spiro atoms. The molecule has 0 unspecified atom stereocenters. The Balaban J connectivity index is 3.05. The third-order valence-electron chi connectivity index (χ3n) is 2.70. The molecule has 0 saturated carbocycles. The Labute approximate surface area is 100.0 Å². The number of nitrogens with zero attached hydrogens (tertiary/aromatic N) is 1. The summed E-state index contributed by atoms with van der Waals surface area (Å²) in [6, 6.07) is 4.65. The molecular weight excluding hydrogens is 220 g/mol. The SMILES string of the molecule is CCC(CC)Nc1ccc(C=O)cc1[N+](=O)[O-]. The van der Waals surface area contributed by atoms with E-state index in [9.17, 15) is 14.9 Å². The van der Waals surface area contributed by atoms with Gasteiger partial charge >= 0.3 is 0 Å². The van der Waals surface area contributed by atoms with Crippen molar-refractivity contribution in [2.24, 2.45) is 0 Å². The summed E-state index contributed by atoms with van der Waals surface area (Å²) < 4.78 is 0. The second kappa shape index (κ2) is 5.98. The summed E-state index contributed by atoms with van der Waals surface area (Å²) in [4.78, 5) is 21.0. The molecule has 0 fully saturated rings. The summed E-state index contributed by atoms with van der Waals surface area (Å²) in [6.45, 7) is 4.04. The van der Waals surface area contributed by atoms with E-state index in [1.807, 2.05) is 13.8 Å². The Morgan fingerprint density at radius 2 is 2.06 bits per heavy atom. The zero-order chi connectivity index (χ0) is 12.8. The fourth-order valence-corrected chi connectivity index (χ4v) is 1.61. The largest absolute Gasteiger partial charge is 0.377 e. The van der Waals surface area contributed by atoms with Crippen LogP contribution in [0, 0.1) is 10.1 Å². The van der Waals surface area contributed by atoms with Crippen molar-refractivity contribution in [3.8, 4) is 0 Å². The molecule has 5 heteroatoms. The van der Waals surface area contributed by atoms with Gasteiger partial charge in [0.2, 0.25) is 0 Å². The molecular formula is C12H16N2O3. The zero-order valence-corrected chi connectivity index (χ0v) is 9.97. The van der Waals surface area contributed by atoms with Gasteiger partial charge in [-0.05, 0) is 25.0 Å². The Morgan fingerprint density at radius 1 is 1.41 bits per heavy atom. The van der Waals surface area contributed by atoms with Gasteiger partial charge in [-0.1, -0.05) is 13.8 Å². The van der Waals surface area contributed by atoms with E-state index in [1.165, 1.54) is 6.07 Å². The van der Waals surface area contributed by atoms with Gasteiger partial charge in [-0.2, -0.15) is 0 Å². The van der Waals surface area contributed by atoms with E-state index in [2.05, 4.69) is 5.32 Å². The summed E-state index contributed by atoms with van der Waals surface area (Å²) in [6.07, 6.45) is 2.39. The Kier molecular flexibility index (Phi) is 4.63. The minimum atomic E-state index is -0.474. The van der Waals surface area contributed by atoms with Crippen LogP contribution in [-0.2, 0) is 0 Å². The minimum Gasteiger partial charge on any atom is -0.377 e. The van der Waals surface area contributed by atoms with Crippen molar-refractivity contribution in [2.75, 3.05) is 5.32 Å². The van der Waals surface area contributed by atoms with Gasteiger partial charge in [0.25, 0.3) is 5.69 Å². The zero-order valence-electron chi connectivity index (χ0n) is 9.97. The molecule has 0 heterocycles. The molecule has 1 N–H and O–H groups in total. The summed E-state index contributed by atoms with van der Waals surface area (Å²) >= 11 is 0. The van der Waals surface area contributed by atoms with Crippen molar-refractivity contribution < 1.29 is 9.72 Å². The number of carbonyl (C=O) groups excluding carboxylic acids is 1. The number of carbonyl (C=O) groups is 1. The van der Waals surface area contributed by atoms with Crippen LogP contribution in [0.25, 0.3) is 0 Å². The van der Waals surface area contributed by atoms with Crippen molar-refractivity contribution in [3.63, 3.8) is 0 Å². The van der Waals surface area contributed by atoms with Crippen LogP contribution in [0.3, 0.4) is 0 Å². The van der Waals surface area contributed by atoms with Gasteiger partial charge in [0.1, 0.15) is 12.0 Å². The molecule has 0 radical (unpaired) electrons. The summed E-state index contributed by atoms with van der Waals surface area (Å²) in [5.74, 6) is 0. The van der Waals surface area contributed by atoms with Gasteiger partial charge in [-0.3, -0.25) is 14.9 Å². The van der Waals surface area contributed by atoms with Crippen LogP contribution in [0.15, 0.2) is 18.2 Å². The molecule has 0 bridgehead atoms. The van der Waals surface area contributed by atoms with E-state index in [0.29, 0.717) is 17.5 Å². The first kappa shape index (κ1) is 13.2. The van der Waals surface area contributed by atoms with Crippen LogP contribution >= 0.6 is 0 Å². The van der Waals surface area contributed by atoms with E-state index in [-0.39, 0.29) is 11.7 Å². The lowest BCUT2D eigenvalue weighted by Gasteiger charge is -2.16. The maximum atomic E-state index is 10.9. The van der Waals surface area contributed by atoms with Crippen LogP contribution in [0.1, 0.15) is 37.0 Å². The monoisotopic (exact) mass is 236 g/mol. The number of hydrogen-bond donors (Lipinski definition) is 1. The first-order chi connectivity index (χ1) is 8.12. The van der Waals surface area contributed by atoms with Crippen molar-refractivity contribution in [2.45, 2.75) is 32.7 Å². The van der Waals surface area contributed by atoms with Crippen molar-refractivity contribution in [3.05, 3.63) is 33.9 Å². The standard InChI is InChI=1S/C12H16N2O3/c1-3-10(4-2)13-11-6-5-9(8-15)7-12(11)14(16)17/h5-8,10,13H,3-4H2,1-2H3. The second-order valence-electron chi connectivity index (χ2n) is 3.81. The molecule has 0 aromatic heterocycles. The number of rotatable bonds is 6. The molecule has 1 rings (SSSR count). The topological polar surface area (TPSA) is 72.2 Å². The van der Waals surface area contributed by atoms with Crippen molar-refractivity contribution in [1.29, 1.82) is 0 Å². The molecule has 0 aliphatic rings. The predicted molar refractivity (Wildman–Crippen MR) is 66.5 cm³/mol. The molecule has 1 aromatic carbocycles. The lowest BCUT2D eigenvalue weighted by molar-refractivity contribution is -0.384. The predicted octanol–water partition coefficient (Wildman–Crippen LogP) is 3.01. The van der Waals surface area contributed by atoms with Crippen LogP contribution in [0.4, 0.5) is 11.4 Å². The molecule has 0 saturated heterocycles. The van der Waals surface area contributed by atoms with E-state index < -0.39 is 4.92 Å². The van der Waals surface area contributed by atoms with Crippen LogP contribution in [0.2, 0.25) is 0 Å². The number of anilines is 1. The van der Waals surface area contributed by atoms with Crippen molar-refractivity contribution in [1.82, 2.24) is 0 Å². The normalized spacial score (nSPS) is 10.3. The highest BCUT2D eigenvalue weighted by Gasteiger charge is 2.16. The first-order valence-electron chi connectivity index (χ1n) is 5.62. The van der Waals surface area contributed by atoms with Gasteiger partial charge in [0, 0.05) is 17.7 Å². The highest BCUT2D eigenvalue weighted by molar-refractivity contribution is 5.79. The van der Waals surface area contributed by atoms with Gasteiger partial charge < -0.3 is 5.32 Å². The highest BCUT2D eigenvalue weighted by atomic mass is 16.6. The lowest BCUT2D eigenvalue weighted by atomic mass is 10.1. The number of nitrogens with one attached hydrogen (secondary N) is 1. The van der Waals surface area contributed by atoms with E-state index in [1.54, 1.807) is 12.1 Å². The lowest BCUT2D eigenvalue weighted by Crippen LogP contribution is -2.17. The average Bonchev–Trinajstić information content (AvgIpc) is 2.35. The van der Waals surface area contributed by atoms with Crippen LogP contribution in [-0.4, -0.2) is 17.3 Å². The van der Waals surface area contributed by atoms with Crippen molar-refractivity contribution >= 4 is 17.7 Å². The summed E-state index contributed by atoms with van der Waals surface area (Å²) in [5.41, 5.74) is 0.725. The van der Waals surface area contributed by atoms with Gasteiger partial charge in [-0.15, -0.1) is 0 Å². The van der Waals surface area contributed by atoms with E-state index in [0.717, 1.165) is 12.8 Å². The van der Waals surface area contributed by atoms with Gasteiger partial charge in [0.15, 0.2) is 0 Å². The minimum absolute atomic E-state index is 0.0542. The number of aldehydes is 1. The van der Waals surface area contributed by atoms with Gasteiger partial charge in [-0.25, -0.2) is 0 Å². The number of benzene rings is 1. The fraction of sp³-hybridized carbons (Fsp3) is 0.417. The van der Waals surface area contributed by atoms with E-state index in [4.69, 9.17) is 0 Å². The smallest absolute Gasteiger partial charge is 0.293 e. The molecule has 0 amide bonds. The van der Waals surface area contributed by atoms with Crippen LogP contribution in [0.5, 0.6) is 0 Å². The molecule has 17 heavy (non-hydrogen) atoms. The van der Waals surface area contributed by atoms with E-state index >= 15 is 0 Å².